The van der Waals surface area contributed by atoms with E-state index in [4.69, 9.17) is 9.47 Å². The molecule has 3 fully saturated rings. The number of nitrogens with zero attached hydrogens (tertiary/aromatic N) is 2. The largest absolute Gasteiger partial charge is 0.449 e. The Labute approximate surface area is 119 Å². The molecule has 1 aliphatic carbocycles. The molecule has 6 heteroatoms. The number of piperazine rings is 1. The number of amides is 2. The van der Waals surface area contributed by atoms with Gasteiger partial charge in [0.2, 0.25) is 5.91 Å². The summed E-state index contributed by atoms with van der Waals surface area (Å²) in [6.07, 6.45) is -0.369. The first-order valence-electron chi connectivity index (χ1n) is 7.37. The summed E-state index contributed by atoms with van der Waals surface area (Å²) in [4.78, 5) is 27.5. The van der Waals surface area contributed by atoms with Crippen molar-refractivity contribution in [2.75, 3.05) is 39.5 Å². The Balaban J connectivity index is 1.49. The molecule has 0 N–H and O–H groups in total. The standard InChI is InChI=1S/C14H22N2O4/c1-9(2)6-20-14(18)15-3-4-16(12(17)5-15)13-10-7-19-8-11(10)13/h9-11,13H,3-8H2,1-2H3. The van der Waals surface area contributed by atoms with Crippen LogP contribution in [0.5, 0.6) is 0 Å². The van der Waals surface area contributed by atoms with Gasteiger partial charge in [-0.3, -0.25) is 9.69 Å². The third kappa shape index (κ3) is 2.49. The van der Waals surface area contributed by atoms with Gasteiger partial charge in [0.25, 0.3) is 0 Å². The molecule has 0 bridgehead atoms. The molecule has 2 amide bonds. The smallest absolute Gasteiger partial charge is 0.410 e. The Kier molecular flexibility index (Phi) is 3.58. The monoisotopic (exact) mass is 282 g/mol. The van der Waals surface area contributed by atoms with Gasteiger partial charge in [0, 0.05) is 31.0 Å². The third-order valence-electron chi connectivity index (χ3n) is 4.32. The maximum absolute atomic E-state index is 12.2. The van der Waals surface area contributed by atoms with Crippen molar-refractivity contribution in [1.82, 2.24) is 9.80 Å². The van der Waals surface area contributed by atoms with E-state index < -0.39 is 0 Å². The minimum Gasteiger partial charge on any atom is -0.449 e. The van der Waals surface area contributed by atoms with E-state index in [1.54, 1.807) is 0 Å². The SMILES string of the molecule is CC(C)COC(=O)N1CCN(C2C3COCC32)C(=O)C1. The van der Waals surface area contributed by atoms with Crippen LogP contribution in [0.1, 0.15) is 13.8 Å². The molecule has 0 spiro atoms. The van der Waals surface area contributed by atoms with Gasteiger partial charge in [-0.2, -0.15) is 0 Å². The molecule has 20 heavy (non-hydrogen) atoms. The van der Waals surface area contributed by atoms with Crippen molar-refractivity contribution >= 4 is 12.0 Å². The molecule has 1 saturated carbocycles. The summed E-state index contributed by atoms with van der Waals surface area (Å²) in [5.41, 5.74) is 0. The summed E-state index contributed by atoms with van der Waals surface area (Å²) >= 11 is 0. The number of hydrogen-bond acceptors (Lipinski definition) is 4. The van der Waals surface area contributed by atoms with E-state index in [1.165, 1.54) is 4.90 Å². The first-order valence-corrected chi connectivity index (χ1v) is 7.37. The van der Waals surface area contributed by atoms with Crippen LogP contribution in [0.4, 0.5) is 4.79 Å². The van der Waals surface area contributed by atoms with E-state index in [1.807, 2.05) is 18.7 Å². The summed E-state index contributed by atoms with van der Waals surface area (Å²) in [5.74, 6) is 1.40. The maximum Gasteiger partial charge on any atom is 0.410 e. The molecule has 2 saturated heterocycles. The number of rotatable bonds is 3. The van der Waals surface area contributed by atoms with Crippen LogP contribution < -0.4 is 0 Å². The van der Waals surface area contributed by atoms with Crippen LogP contribution >= 0.6 is 0 Å². The molecule has 2 atom stereocenters. The van der Waals surface area contributed by atoms with Gasteiger partial charge in [-0.25, -0.2) is 4.79 Å². The highest BCUT2D eigenvalue weighted by molar-refractivity contribution is 5.84. The van der Waals surface area contributed by atoms with Crippen molar-refractivity contribution in [1.29, 1.82) is 0 Å². The van der Waals surface area contributed by atoms with Crippen LogP contribution in [0.25, 0.3) is 0 Å². The number of ether oxygens (including phenoxy) is 2. The molecule has 2 unspecified atom stereocenters. The van der Waals surface area contributed by atoms with Crippen LogP contribution in [-0.2, 0) is 14.3 Å². The Morgan fingerprint density at radius 1 is 1.35 bits per heavy atom. The summed E-state index contributed by atoms with van der Waals surface area (Å²) < 4.78 is 10.5. The summed E-state index contributed by atoms with van der Waals surface area (Å²) in [6.45, 7) is 7.27. The predicted molar refractivity (Wildman–Crippen MR) is 71.1 cm³/mol. The van der Waals surface area contributed by atoms with Gasteiger partial charge in [0.15, 0.2) is 0 Å². The summed E-state index contributed by atoms with van der Waals surface area (Å²) in [5, 5.41) is 0. The van der Waals surface area contributed by atoms with Crippen LogP contribution in [0.3, 0.4) is 0 Å². The molecular weight excluding hydrogens is 260 g/mol. The Hall–Kier alpha value is -1.30. The molecule has 0 aromatic carbocycles. The average Bonchev–Trinajstić information content (AvgIpc) is 2.88. The van der Waals surface area contributed by atoms with Crippen molar-refractivity contribution in [3.05, 3.63) is 0 Å². The first kappa shape index (κ1) is 13.7. The Morgan fingerprint density at radius 3 is 2.65 bits per heavy atom. The van der Waals surface area contributed by atoms with Crippen molar-refractivity contribution in [3.8, 4) is 0 Å². The second-order valence-corrected chi connectivity index (χ2v) is 6.34. The predicted octanol–water partition coefficient (Wildman–Crippen LogP) is 0.568. The number of carbonyl (C=O) groups excluding carboxylic acids is 2. The highest BCUT2D eigenvalue weighted by Gasteiger charge is 2.58. The number of fused-ring (bicyclic) bond motifs is 1. The fraction of sp³-hybridized carbons (Fsp3) is 0.857. The molecule has 0 aromatic rings. The Morgan fingerprint density at radius 2 is 2.05 bits per heavy atom. The molecule has 3 rings (SSSR count). The van der Waals surface area contributed by atoms with E-state index >= 15 is 0 Å². The van der Waals surface area contributed by atoms with Gasteiger partial charge >= 0.3 is 6.09 Å². The molecule has 112 valence electrons. The van der Waals surface area contributed by atoms with Gasteiger partial charge in [-0.05, 0) is 5.92 Å². The van der Waals surface area contributed by atoms with Crippen molar-refractivity contribution in [3.63, 3.8) is 0 Å². The molecule has 2 aliphatic heterocycles. The highest BCUT2D eigenvalue weighted by Crippen LogP contribution is 2.48. The number of hydrogen-bond donors (Lipinski definition) is 0. The zero-order valence-electron chi connectivity index (χ0n) is 12.1. The second-order valence-electron chi connectivity index (χ2n) is 6.34. The van der Waals surface area contributed by atoms with Gasteiger partial charge in [-0.15, -0.1) is 0 Å². The lowest BCUT2D eigenvalue weighted by molar-refractivity contribution is -0.137. The quantitative estimate of drug-likeness (QED) is 0.759. The zero-order valence-corrected chi connectivity index (χ0v) is 12.1. The van der Waals surface area contributed by atoms with Crippen molar-refractivity contribution < 1.29 is 19.1 Å². The zero-order chi connectivity index (χ0) is 14.3. The van der Waals surface area contributed by atoms with E-state index in [-0.39, 0.29) is 18.5 Å². The van der Waals surface area contributed by atoms with Crippen molar-refractivity contribution in [2.45, 2.75) is 19.9 Å². The molecule has 0 aromatic heterocycles. The van der Waals surface area contributed by atoms with E-state index in [0.717, 1.165) is 13.2 Å². The maximum atomic E-state index is 12.2. The second kappa shape index (κ2) is 5.24. The average molecular weight is 282 g/mol. The number of carbonyl (C=O) groups is 2. The van der Waals surface area contributed by atoms with E-state index in [2.05, 4.69) is 0 Å². The molecule has 0 radical (unpaired) electrons. The van der Waals surface area contributed by atoms with E-state index in [0.29, 0.717) is 43.5 Å². The van der Waals surface area contributed by atoms with Gasteiger partial charge < -0.3 is 14.4 Å². The lowest BCUT2D eigenvalue weighted by Crippen LogP contribution is -2.54. The summed E-state index contributed by atoms with van der Waals surface area (Å²) in [7, 11) is 0. The Bertz CT molecular complexity index is 402. The highest BCUT2D eigenvalue weighted by atomic mass is 16.6. The lowest BCUT2D eigenvalue weighted by atomic mass is 10.2. The van der Waals surface area contributed by atoms with Gasteiger partial charge in [-0.1, -0.05) is 13.8 Å². The van der Waals surface area contributed by atoms with Crippen LogP contribution in [0, 0.1) is 17.8 Å². The van der Waals surface area contributed by atoms with Crippen LogP contribution in [-0.4, -0.2) is 67.3 Å². The minimum atomic E-state index is -0.369. The minimum absolute atomic E-state index is 0.0390. The molecular formula is C14H22N2O4. The molecule has 2 heterocycles. The fourth-order valence-corrected chi connectivity index (χ4v) is 3.16. The third-order valence-corrected chi connectivity index (χ3v) is 4.32. The van der Waals surface area contributed by atoms with Crippen molar-refractivity contribution in [2.24, 2.45) is 17.8 Å². The van der Waals surface area contributed by atoms with Crippen LogP contribution in [0.15, 0.2) is 0 Å². The van der Waals surface area contributed by atoms with Crippen LogP contribution in [0.2, 0.25) is 0 Å². The normalized spacial score (nSPS) is 32.5. The fourth-order valence-electron chi connectivity index (χ4n) is 3.16. The van der Waals surface area contributed by atoms with E-state index in [9.17, 15) is 9.59 Å². The molecule has 6 nitrogen and oxygen atoms in total. The van der Waals surface area contributed by atoms with Gasteiger partial charge in [0.1, 0.15) is 6.54 Å². The van der Waals surface area contributed by atoms with Gasteiger partial charge in [0.05, 0.1) is 19.8 Å². The summed E-state index contributed by atoms with van der Waals surface area (Å²) in [6, 6.07) is 0.352. The lowest BCUT2D eigenvalue weighted by Gasteiger charge is -2.34. The first-order chi connectivity index (χ1) is 9.58. The molecule has 3 aliphatic rings. The topological polar surface area (TPSA) is 59.1 Å².